The van der Waals surface area contributed by atoms with E-state index in [0.717, 1.165) is 12.8 Å². The van der Waals surface area contributed by atoms with Gasteiger partial charge in [-0.25, -0.2) is 0 Å². The standard InChI is InChI=1S/C10H23NO3/c1-3-4-10(2,13)9-11-5-7-14-8-6-12/h11-13H,3-9H2,1-2H3. The molecule has 0 aromatic rings. The fraction of sp³-hybridized carbons (Fsp3) is 1.00. The molecule has 14 heavy (non-hydrogen) atoms. The molecule has 0 aliphatic rings. The van der Waals surface area contributed by atoms with Crippen molar-refractivity contribution >= 4 is 0 Å². The summed E-state index contributed by atoms with van der Waals surface area (Å²) in [4.78, 5) is 0. The Morgan fingerprint density at radius 3 is 2.64 bits per heavy atom. The van der Waals surface area contributed by atoms with Crippen LogP contribution in [-0.2, 0) is 4.74 Å². The van der Waals surface area contributed by atoms with Crippen molar-refractivity contribution in [1.82, 2.24) is 5.32 Å². The van der Waals surface area contributed by atoms with Crippen LogP contribution in [-0.4, -0.2) is 48.7 Å². The first-order valence-corrected chi connectivity index (χ1v) is 5.24. The molecule has 0 aliphatic heterocycles. The van der Waals surface area contributed by atoms with Gasteiger partial charge in [0.15, 0.2) is 0 Å². The second kappa shape index (κ2) is 8.17. The van der Waals surface area contributed by atoms with Gasteiger partial charge in [0.1, 0.15) is 0 Å². The average Bonchev–Trinajstić information content (AvgIpc) is 2.11. The summed E-state index contributed by atoms with van der Waals surface area (Å²) in [6.45, 7) is 6.20. The normalized spacial score (nSPS) is 15.4. The maximum atomic E-state index is 9.77. The molecule has 4 nitrogen and oxygen atoms in total. The van der Waals surface area contributed by atoms with Gasteiger partial charge in [-0.2, -0.15) is 0 Å². The molecular weight excluding hydrogens is 182 g/mol. The Bertz CT molecular complexity index is 129. The molecule has 86 valence electrons. The van der Waals surface area contributed by atoms with Crippen LogP contribution in [0.1, 0.15) is 26.7 Å². The van der Waals surface area contributed by atoms with Gasteiger partial charge in [-0.15, -0.1) is 0 Å². The lowest BCUT2D eigenvalue weighted by Crippen LogP contribution is -2.38. The summed E-state index contributed by atoms with van der Waals surface area (Å²) >= 11 is 0. The lowest BCUT2D eigenvalue weighted by molar-refractivity contribution is 0.0451. The fourth-order valence-corrected chi connectivity index (χ4v) is 1.30. The molecule has 0 bridgehead atoms. The first-order chi connectivity index (χ1) is 6.62. The second-order valence-corrected chi connectivity index (χ2v) is 3.76. The van der Waals surface area contributed by atoms with E-state index in [0.29, 0.717) is 26.3 Å². The SMILES string of the molecule is CCCC(C)(O)CNCCOCCO. The lowest BCUT2D eigenvalue weighted by Gasteiger charge is -2.22. The highest BCUT2D eigenvalue weighted by atomic mass is 16.5. The molecule has 0 saturated heterocycles. The molecule has 0 aliphatic carbocycles. The van der Waals surface area contributed by atoms with E-state index in [1.165, 1.54) is 0 Å². The van der Waals surface area contributed by atoms with Gasteiger partial charge in [-0.05, 0) is 13.3 Å². The van der Waals surface area contributed by atoms with E-state index in [2.05, 4.69) is 12.2 Å². The number of aliphatic hydroxyl groups is 2. The average molecular weight is 205 g/mol. The summed E-state index contributed by atoms with van der Waals surface area (Å²) < 4.78 is 5.06. The summed E-state index contributed by atoms with van der Waals surface area (Å²) in [5, 5.41) is 21.3. The highest BCUT2D eigenvalue weighted by Crippen LogP contribution is 2.09. The minimum absolute atomic E-state index is 0.0630. The maximum Gasteiger partial charge on any atom is 0.0743 e. The molecule has 1 atom stereocenters. The number of aliphatic hydroxyl groups excluding tert-OH is 1. The first-order valence-electron chi connectivity index (χ1n) is 5.24. The lowest BCUT2D eigenvalue weighted by atomic mass is 10.0. The van der Waals surface area contributed by atoms with Crippen LogP contribution in [0.3, 0.4) is 0 Å². The molecule has 0 rings (SSSR count). The third-order valence-corrected chi connectivity index (χ3v) is 1.95. The summed E-state index contributed by atoms with van der Waals surface area (Å²) in [5.74, 6) is 0. The van der Waals surface area contributed by atoms with Gasteiger partial charge in [-0.3, -0.25) is 0 Å². The van der Waals surface area contributed by atoms with Gasteiger partial charge < -0.3 is 20.3 Å². The topological polar surface area (TPSA) is 61.7 Å². The van der Waals surface area contributed by atoms with E-state index in [1.807, 2.05) is 6.92 Å². The summed E-state index contributed by atoms with van der Waals surface area (Å²) in [7, 11) is 0. The number of hydrogen-bond donors (Lipinski definition) is 3. The largest absolute Gasteiger partial charge is 0.394 e. The summed E-state index contributed by atoms with van der Waals surface area (Å²) in [6, 6.07) is 0. The Hall–Kier alpha value is -0.160. The van der Waals surface area contributed by atoms with Crippen LogP contribution in [0, 0.1) is 0 Å². The van der Waals surface area contributed by atoms with Crippen molar-refractivity contribution in [2.45, 2.75) is 32.3 Å². The van der Waals surface area contributed by atoms with Crippen LogP contribution in [0.2, 0.25) is 0 Å². The van der Waals surface area contributed by atoms with Gasteiger partial charge in [0.2, 0.25) is 0 Å². The molecule has 3 N–H and O–H groups in total. The van der Waals surface area contributed by atoms with Gasteiger partial charge in [0.25, 0.3) is 0 Å². The molecule has 0 aromatic heterocycles. The number of hydrogen-bond acceptors (Lipinski definition) is 4. The second-order valence-electron chi connectivity index (χ2n) is 3.76. The van der Waals surface area contributed by atoms with Crippen LogP contribution >= 0.6 is 0 Å². The minimum atomic E-state index is -0.619. The highest BCUT2D eigenvalue weighted by molar-refractivity contribution is 4.74. The van der Waals surface area contributed by atoms with E-state index in [9.17, 15) is 5.11 Å². The quantitative estimate of drug-likeness (QED) is 0.468. The molecule has 0 amide bonds. The van der Waals surface area contributed by atoms with Gasteiger partial charge in [0, 0.05) is 13.1 Å². The number of nitrogens with one attached hydrogen (secondary N) is 1. The van der Waals surface area contributed by atoms with Crippen molar-refractivity contribution in [3.8, 4) is 0 Å². The van der Waals surface area contributed by atoms with Crippen molar-refractivity contribution in [2.75, 3.05) is 32.9 Å². The summed E-state index contributed by atoms with van der Waals surface area (Å²) in [6.07, 6.45) is 1.78. The zero-order valence-corrected chi connectivity index (χ0v) is 9.25. The van der Waals surface area contributed by atoms with Crippen molar-refractivity contribution in [3.05, 3.63) is 0 Å². The Labute approximate surface area is 86.3 Å². The fourth-order valence-electron chi connectivity index (χ4n) is 1.30. The minimum Gasteiger partial charge on any atom is -0.394 e. The Kier molecular flexibility index (Phi) is 8.08. The monoisotopic (exact) mass is 205 g/mol. The van der Waals surface area contributed by atoms with Crippen molar-refractivity contribution < 1.29 is 14.9 Å². The van der Waals surface area contributed by atoms with Crippen molar-refractivity contribution in [3.63, 3.8) is 0 Å². The smallest absolute Gasteiger partial charge is 0.0743 e. The number of rotatable bonds is 9. The molecule has 1 unspecified atom stereocenters. The predicted octanol–water partition coefficient (Wildman–Crippen LogP) is 0.136. The van der Waals surface area contributed by atoms with Gasteiger partial charge >= 0.3 is 0 Å². The van der Waals surface area contributed by atoms with Crippen LogP contribution in [0.5, 0.6) is 0 Å². The number of ether oxygens (including phenoxy) is 1. The molecular formula is C10H23NO3. The zero-order valence-electron chi connectivity index (χ0n) is 9.25. The maximum absolute atomic E-state index is 9.77. The van der Waals surface area contributed by atoms with Crippen LogP contribution < -0.4 is 5.32 Å². The molecule has 0 spiro atoms. The first kappa shape index (κ1) is 13.8. The Morgan fingerprint density at radius 1 is 1.36 bits per heavy atom. The predicted molar refractivity (Wildman–Crippen MR) is 56.3 cm³/mol. The third kappa shape index (κ3) is 8.44. The third-order valence-electron chi connectivity index (χ3n) is 1.95. The van der Waals surface area contributed by atoms with Gasteiger partial charge in [0.05, 0.1) is 25.4 Å². The van der Waals surface area contributed by atoms with E-state index in [-0.39, 0.29) is 6.61 Å². The van der Waals surface area contributed by atoms with Crippen molar-refractivity contribution in [1.29, 1.82) is 0 Å². The van der Waals surface area contributed by atoms with Crippen LogP contribution in [0.15, 0.2) is 0 Å². The van der Waals surface area contributed by atoms with E-state index >= 15 is 0 Å². The molecule has 0 radical (unpaired) electrons. The van der Waals surface area contributed by atoms with E-state index in [1.54, 1.807) is 0 Å². The Balaban J connectivity index is 3.26. The molecule has 0 fully saturated rings. The van der Waals surface area contributed by atoms with Gasteiger partial charge in [-0.1, -0.05) is 13.3 Å². The molecule has 0 aromatic carbocycles. The van der Waals surface area contributed by atoms with Crippen molar-refractivity contribution in [2.24, 2.45) is 0 Å². The van der Waals surface area contributed by atoms with Crippen LogP contribution in [0.25, 0.3) is 0 Å². The molecule has 0 heterocycles. The molecule has 0 saturated carbocycles. The Morgan fingerprint density at radius 2 is 2.07 bits per heavy atom. The zero-order chi connectivity index (χ0) is 10.9. The highest BCUT2D eigenvalue weighted by Gasteiger charge is 2.17. The summed E-state index contributed by atoms with van der Waals surface area (Å²) in [5.41, 5.74) is -0.619. The van der Waals surface area contributed by atoms with E-state index < -0.39 is 5.60 Å². The van der Waals surface area contributed by atoms with E-state index in [4.69, 9.17) is 9.84 Å². The van der Waals surface area contributed by atoms with Crippen LogP contribution in [0.4, 0.5) is 0 Å². The molecule has 4 heteroatoms.